The van der Waals surface area contributed by atoms with Crippen LogP contribution in [0.5, 0.6) is 5.75 Å². The van der Waals surface area contributed by atoms with Crippen LogP contribution in [-0.4, -0.2) is 103 Å². The third-order valence-corrected chi connectivity index (χ3v) is 6.72. The molecule has 2 unspecified atom stereocenters. The molecule has 3 rings (SSSR count). The number of cyclic esters (lactones) is 1. The zero-order valence-electron chi connectivity index (χ0n) is 26.6. The molecule has 2 atom stereocenters. The first-order valence-corrected chi connectivity index (χ1v) is 14.6. The van der Waals surface area contributed by atoms with Gasteiger partial charge in [-0.2, -0.15) is 0 Å². The van der Waals surface area contributed by atoms with Crippen molar-refractivity contribution in [2.75, 3.05) is 33.4 Å². The number of likely N-dealkylation sites (tertiary alicyclic amines) is 1. The molecule has 14 nitrogen and oxygen atoms in total. The lowest BCUT2D eigenvalue weighted by atomic mass is 10.0. The molecule has 0 aliphatic carbocycles. The van der Waals surface area contributed by atoms with E-state index in [-0.39, 0.29) is 25.0 Å². The fraction of sp³-hybridized carbons (Fsp3) is 0.633. The molecule has 2 aliphatic heterocycles. The van der Waals surface area contributed by atoms with Crippen LogP contribution in [0, 0.1) is 5.41 Å². The third kappa shape index (κ3) is 10.8. The SMILES string of the molecule is COC(=O)C(Cc1ccc(OCC2CN(C3CCN(C(=N)NC(=O)OC(C)(C)C)CC3)C(=O)O2)cc1)NC(=O)OC(C)(C)C. The molecule has 0 saturated carbocycles. The molecule has 2 heterocycles. The summed E-state index contributed by atoms with van der Waals surface area (Å²) in [6, 6.07) is 6.05. The minimum absolute atomic E-state index is 0.0286. The quantitative estimate of drug-likeness (QED) is 0.170. The summed E-state index contributed by atoms with van der Waals surface area (Å²) in [7, 11) is 1.25. The van der Waals surface area contributed by atoms with Crippen LogP contribution in [0.1, 0.15) is 59.9 Å². The summed E-state index contributed by atoms with van der Waals surface area (Å²) in [4.78, 5) is 52.4. The van der Waals surface area contributed by atoms with E-state index in [9.17, 15) is 19.2 Å². The van der Waals surface area contributed by atoms with Crippen molar-refractivity contribution in [3.05, 3.63) is 29.8 Å². The number of piperidine rings is 1. The maximum absolute atomic E-state index is 12.6. The summed E-state index contributed by atoms with van der Waals surface area (Å²) in [5, 5.41) is 13.2. The van der Waals surface area contributed by atoms with Gasteiger partial charge in [0.15, 0.2) is 6.10 Å². The second kappa shape index (κ2) is 14.5. The van der Waals surface area contributed by atoms with E-state index in [4.69, 9.17) is 29.1 Å². The highest BCUT2D eigenvalue weighted by Gasteiger charge is 2.38. The van der Waals surface area contributed by atoms with E-state index >= 15 is 0 Å². The van der Waals surface area contributed by atoms with Crippen molar-refractivity contribution in [3.63, 3.8) is 0 Å². The molecule has 0 radical (unpaired) electrons. The van der Waals surface area contributed by atoms with Crippen LogP contribution in [0.25, 0.3) is 0 Å². The summed E-state index contributed by atoms with van der Waals surface area (Å²) < 4.78 is 26.7. The number of carbonyl (C=O) groups excluding carboxylic acids is 4. The Labute approximate surface area is 258 Å². The average Bonchev–Trinajstić information content (AvgIpc) is 3.30. The van der Waals surface area contributed by atoms with E-state index in [1.807, 2.05) is 0 Å². The van der Waals surface area contributed by atoms with Crippen molar-refractivity contribution in [2.45, 2.75) is 90.2 Å². The van der Waals surface area contributed by atoms with Crippen LogP contribution in [-0.2, 0) is 30.2 Å². The number of nitrogens with zero attached hydrogens (tertiary/aromatic N) is 2. The van der Waals surface area contributed by atoms with Crippen LogP contribution in [0.15, 0.2) is 24.3 Å². The number of ether oxygens (including phenoxy) is 5. The number of carbonyl (C=O) groups is 4. The van der Waals surface area contributed by atoms with Crippen molar-refractivity contribution in [3.8, 4) is 5.75 Å². The maximum Gasteiger partial charge on any atom is 0.414 e. The number of hydrogen-bond acceptors (Lipinski definition) is 10. The summed E-state index contributed by atoms with van der Waals surface area (Å²) in [6.45, 7) is 12.0. The van der Waals surface area contributed by atoms with Crippen LogP contribution >= 0.6 is 0 Å². The monoisotopic (exact) mass is 619 g/mol. The van der Waals surface area contributed by atoms with Gasteiger partial charge in [0.05, 0.1) is 13.7 Å². The highest BCUT2D eigenvalue weighted by Crippen LogP contribution is 2.24. The van der Waals surface area contributed by atoms with Crippen molar-refractivity contribution in [2.24, 2.45) is 0 Å². The smallest absolute Gasteiger partial charge is 0.414 e. The highest BCUT2D eigenvalue weighted by molar-refractivity contribution is 5.92. The number of alkyl carbamates (subject to hydrolysis) is 2. The van der Waals surface area contributed by atoms with Gasteiger partial charge in [-0.15, -0.1) is 0 Å². The minimum Gasteiger partial charge on any atom is -0.490 e. The van der Waals surface area contributed by atoms with Crippen LogP contribution in [0.4, 0.5) is 14.4 Å². The molecule has 2 aliphatic rings. The number of amides is 3. The topological polar surface area (TPSA) is 169 Å². The predicted octanol–water partition coefficient (Wildman–Crippen LogP) is 3.42. The molecule has 0 spiro atoms. The summed E-state index contributed by atoms with van der Waals surface area (Å²) in [5.74, 6) is -0.0633. The Morgan fingerprint density at radius 2 is 1.59 bits per heavy atom. The molecular weight excluding hydrogens is 574 g/mol. The largest absolute Gasteiger partial charge is 0.490 e. The predicted molar refractivity (Wildman–Crippen MR) is 159 cm³/mol. The van der Waals surface area contributed by atoms with Gasteiger partial charge in [-0.3, -0.25) is 10.7 Å². The fourth-order valence-electron chi connectivity index (χ4n) is 4.74. The lowest BCUT2D eigenvalue weighted by Crippen LogP contribution is -2.51. The summed E-state index contributed by atoms with van der Waals surface area (Å²) >= 11 is 0. The van der Waals surface area contributed by atoms with Gasteiger partial charge in [-0.1, -0.05) is 12.1 Å². The first-order valence-electron chi connectivity index (χ1n) is 14.6. The van der Waals surface area contributed by atoms with E-state index in [1.165, 1.54) is 7.11 Å². The van der Waals surface area contributed by atoms with Gasteiger partial charge in [-0.25, -0.2) is 19.2 Å². The van der Waals surface area contributed by atoms with Crippen molar-refractivity contribution in [1.29, 1.82) is 5.41 Å². The lowest BCUT2D eigenvalue weighted by molar-refractivity contribution is -0.143. The van der Waals surface area contributed by atoms with Gasteiger partial charge in [0.1, 0.15) is 29.6 Å². The average molecular weight is 620 g/mol. The molecule has 244 valence electrons. The van der Waals surface area contributed by atoms with Crippen LogP contribution in [0.2, 0.25) is 0 Å². The van der Waals surface area contributed by atoms with Gasteiger partial charge in [0.2, 0.25) is 5.96 Å². The number of esters is 1. The second-order valence-corrected chi connectivity index (χ2v) is 12.7. The van der Waals surface area contributed by atoms with Crippen molar-refractivity contribution in [1.82, 2.24) is 20.4 Å². The Kier molecular flexibility index (Phi) is 11.3. The van der Waals surface area contributed by atoms with E-state index in [0.717, 1.165) is 5.56 Å². The number of nitrogens with one attached hydrogen (secondary N) is 3. The number of rotatable bonds is 8. The summed E-state index contributed by atoms with van der Waals surface area (Å²) in [6.07, 6.45) is -0.805. The molecule has 3 amide bonds. The second-order valence-electron chi connectivity index (χ2n) is 12.7. The maximum atomic E-state index is 12.6. The molecule has 2 fully saturated rings. The Bertz CT molecular complexity index is 1180. The Balaban J connectivity index is 1.44. The standard InChI is InChI=1S/C30H45N5O9/c1-29(2,3)43-26(37)32-23(24(36)40-7)16-19-8-10-21(11-9-19)41-18-22-17-35(28(39)42-22)20-12-14-34(15-13-20)25(31)33-27(38)44-30(4,5)6/h8-11,20,22-23H,12-18H2,1-7H3,(H,32,37)(H2,31,33,38). The van der Waals surface area contributed by atoms with Gasteiger partial charge in [0.25, 0.3) is 0 Å². The Morgan fingerprint density at radius 3 is 2.16 bits per heavy atom. The highest BCUT2D eigenvalue weighted by atomic mass is 16.6. The lowest BCUT2D eigenvalue weighted by Gasteiger charge is -2.36. The van der Waals surface area contributed by atoms with Gasteiger partial charge in [-0.05, 0) is 72.1 Å². The van der Waals surface area contributed by atoms with Gasteiger partial charge >= 0.3 is 24.2 Å². The molecule has 44 heavy (non-hydrogen) atoms. The number of benzene rings is 1. The number of methoxy groups -OCH3 is 1. The van der Waals surface area contributed by atoms with Crippen molar-refractivity contribution >= 4 is 30.2 Å². The van der Waals surface area contributed by atoms with E-state index in [2.05, 4.69) is 10.6 Å². The van der Waals surface area contributed by atoms with E-state index < -0.39 is 47.6 Å². The molecule has 1 aromatic carbocycles. The van der Waals surface area contributed by atoms with Crippen LogP contribution < -0.4 is 15.4 Å². The molecule has 0 bridgehead atoms. The first-order chi connectivity index (χ1) is 20.5. The van der Waals surface area contributed by atoms with E-state index in [1.54, 1.807) is 75.6 Å². The summed E-state index contributed by atoms with van der Waals surface area (Å²) in [5.41, 5.74) is -0.600. The van der Waals surface area contributed by atoms with E-state index in [0.29, 0.717) is 38.2 Å². The number of hydrogen-bond donors (Lipinski definition) is 3. The molecule has 3 N–H and O–H groups in total. The molecule has 14 heteroatoms. The zero-order chi connectivity index (χ0) is 32.7. The molecule has 1 aromatic rings. The zero-order valence-corrected chi connectivity index (χ0v) is 26.6. The molecular formula is C30H45N5O9. The molecule has 2 saturated heterocycles. The Morgan fingerprint density at radius 1 is 1.00 bits per heavy atom. The van der Waals surface area contributed by atoms with Gasteiger partial charge < -0.3 is 38.8 Å². The van der Waals surface area contributed by atoms with Crippen LogP contribution in [0.3, 0.4) is 0 Å². The first kappa shape index (κ1) is 34.3. The minimum atomic E-state index is -0.927. The Hall–Kier alpha value is -4.23. The fourth-order valence-corrected chi connectivity index (χ4v) is 4.74. The van der Waals surface area contributed by atoms with Gasteiger partial charge in [0, 0.05) is 25.6 Å². The third-order valence-electron chi connectivity index (χ3n) is 6.72. The molecule has 0 aromatic heterocycles. The number of guanidine groups is 1. The normalized spacial score (nSPS) is 18.2. The van der Waals surface area contributed by atoms with Crippen molar-refractivity contribution < 1.29 is 42.9 Å².